The zero-order valence-electron chi connectivity index (χ0n) is 11.2. The highest BCUT2D eigenvalue weighted by molar-refractivity contribution is 9.10. The summed E-state index contributed by atoms with van der Waals surface area (Å²) in [6.07, 6.45) is -5.20. The first-order chi connectivity index (χ1) is 10.1. The molecule has 1 aromatic rings. The van der Waals surface area contributed by atoms with Gasteiger partial charge >= 0.3 is 12.2 Å². The minimum absolute atomic E-state index is 0.279. The minimum Gasteiger partial charge on any atom is -0.363 e. The van der Waals surface area contributed by atoms with E-state index >= 15 is 0 Å². The molecule has 0 bridgehead atoms. The molecule has 1 fully saturated rings. The summed E-state index contributed by atoms with van der Waals surface area (Å²) in [5, 5.41) is 13.7. The highest BCUT2D eigenvalue weighted by Crippen LogP contribution is 2.42. The molecule has 0 aromatic heterocycles. The van der Waals surface area contributed by atoms with Crippen LogP contribution in [0.2, 0.25) is 0 Å². The molecule has 0 saturated carbocycles. The number of carbonyl (C=O) groups is 2. The van der Waals surface area contributed by atoms with Crippen LogP contribution in [0.3, 0.4) is 0 Å². The molecule has 0 aliphatic carbocycles. The van der Waals surface area contributed by atoms with Crippen molar-refractivity contribution in [2.45, 2.75) is 24.9 Å². The maximum Gasteiger partial charge on any atom is 0.437 e. The van der Waals surface area contributed by atoms with E-state index in [1.165, 1.54) is 17.4 Å². The van der Waals surface area contributed by atoms with Crippen LogP contribution in [0, 0.1) is 5.92 Å². The van der Waals surface area contributed by atoms with Crippen LogP contribution in [0.5, 0.6) is 0 Å². The molecule has 0 unspecified atom stereocenters. The first kappa shape index (κ1) is 16.8. The fraction of sp³-hybridized carbons (Fsp3) is 0.385. The van der Waals surface area contributed by atoms with Gasteiger partial charge in [-0.05, 0) is 24.6 Å². The van der Waals surface area contributed by atoms with Gasteiger partial charge in [-0.25, -0.2) is 4.79 Å². The van der Waals surface area contributed by atoms with E-state index < -0.39 is 35.7 Å². The van der Waals surface area contributed by atoms with E-state index in [9.17, 15) is 27.9 Å². The van der Waals surface area contributed by atoms with Crippen LogP contribution in [0.1, 0.15) is 18.5 Å². The number of nitrogens with one attached hydrogen (secondary N) is 2. The van der Waals surface area contributed by atoms with Crippen molar-refractivity contribution in [1.82, 2.24) is 10.6 Å². The third-order valence-electron chi connectivity index (χ3n) is 3.47. The van der Waals surface area contributed by atoms with Gasteiger partial charge in [0.25, 0.3) is 0 Å². The summed E-state index contributed by atoms with van der Waals surface area (Å²) < 4.78 is 40.3. The molecule has 1 aliphatic rings. The number of halogens is 4. The van der Waals surface area contributed by atoms with Gasteiger partial charge in [-0.1, -0.05) is 28.1 Å². The average molecular weight is 381 g/mol. The summed E-state index contributed by atoms with van der Waals surface area (Å²) in [6, 6.07) is 3.55. The molecule has 2 rings (SSSR count). The van der Waals surface area contributed by atoms with E-state index in [1.807, 2.05) is 0 Å². The Morgan fingerprint density at radius 3 is 2.32 bits per heavy atom. The van der Waals surface area contributed by atoms with Crippen LogP contribution in [0.4, 0.5) is 18.0 Å². The van der Waals surface area contributed by atoms with Crippen LogP contribution < -0.4 is 10.6 Å². The molecule has 22 heavy (non-hydrogen) atoms. The van der Waals surface area contributed by atoms with Gasteiger partial charge < -0.3 is 15.7 Å². The number of carbonyl (C=O) groups excluding carboxylic acids is 2. The molecule has 5 nitrogen and oxygen atoms in total. The molecule has 1 aliphatic heterocycles. The Balaban J connectivity index is 2.54. The average Bonchev–Trinajstić information content (AvgIpc) is 2.36. The number of benzene rings is 1. The van der Waals surface area contributed by atoms with Crippen molar-refractivity contribution in [2.24, 2.45) is 5.92 Å². The summed E-state index contributed by atoms with van der Waals surface area (Å²) in [7, 11) is 0. The predicted octanol–water partition coefficient (Wildman–Crippen LogP) is 2.26. The summed E-state index contributed by atoms with van der Waals surface area (Å²) in [4.78, 5) is 23.3. The Bertz CT molecular complexity index is 606. The first-order valence-electron chi connectivity index (χ1n) is 6.20. The number of rotatable bonds is 2. The normalized spacial score (nSPS) is 28.7. The fourth-order valence-corrected chi connectivity index (χ4v) is 2.74. The lowest BCUT2D eigenvalue weighted by Gasteiger charge is -2.44. The smallest absolute Gasteiger partial charge is 0.363 e. The van der Waals surface area contributed by atoms with Crippen LogP contribution in [0.15, 0.2) is 28.7 Å². The van der Waals surface area contributed by atoms with Crippen LogP contribution in [-0.2, 0) is 4.79 Å². The largest absolute Gasteiger partial charge is 0.437 e. The summed E-state index contributed by atoms with van der Waals surface area (Å²) in [5.41, 5.74) is -3.35. The second-order valence-electron chi connectivity index (χ2n) is 4.98. The van der Waals surface area contributed by atoms with Crippen LogP contribution in [0.25, 0.3) is 0 Å². The zero-order valence-corrected chi connectivity index (χ0v) is 12.8. The zero-order chi connectivity index (χ0) is 16.7. The first-order valence-corrected chi connectivity index (χ1v) is 6.99. The maximum atomic E-state index is 13.2. The Hall–Kier alpha value is -1.61. The number of hydrogen-bond donors (Lipinski definition) is 3. The van der Waals surface area contributed by atoms with Gasteiger partial charge in [0.1, 0.15) is 5.78 Å². The van der Waals surface area contributed by atoms with E-state index in [1.54, 1.807) is 12.1 Å². The highest BCUT2D eigenvalue weighted by atomic mass is 79.9. The van der Waals surface area contributed by atoms with Crippen molar-refractivity contribution < 1.29 is 27.9 Å². The Labute approximate surface area is 132 Å². The molecule has 1 saturated heterocycles. The summed E-state index contributed by atoms with van der Waals surface area (Å²) >= 11 is 3.18. The van der Waals surface area contributed by atoms with E-state index in [-0.39, 0.29) is 5.56 Å². The molecule has 3 N–H and O–H groups in total. The third-order valence-corrected chi connectivity index (χ3v) is 4.00. The van der Waals surface area contributed by atoms with E-state index in [0.29, 0.717) is 4.47 Å². The van der Waals surface area contributed by atoms with E-state index in [4.69, 9.17) is 0 Å². The number of Topliss-reactive ketones (excluding diaryl/α,β-unsaturated/α-hetero) is 1. The second kappa shape index (κ2) is 5.54. The maximum absolute atomic E-state index is 13.2. The van der Waals surface area contributed by atoms with Crippen LogP contribution in [-0.4, -0.2) is 28.8 Å². The molecule has 9 heteroatoms. The molecule has 1 aromatic carbocycles. The van der Waals surface area contributed by atoms with Crippen molar-refractivity contribution in [1.29, 1.82) is 0 Å². The molecule has 2 amide bonds. The topological polar surface area (TPSA) is 78.4 Å². The lowest BCUT2D eigenvalue weighted by atomic mass is 9.79. The molecule has 1 heterocycles. The quantitative estimate of drug-likeness (QED) is 0.736. The lowest BCUT2D eigenvalue weighted by molar-refractivity contribution is -0.290. The molecular weight excluding hydrogens is 369 g/mol. The number of aliphatic hydroxyl groups is 1. The number of alkyl halides is 3. The summed E-state index contributed by atoms with van der Waals surface area (Å²) in [5.74, 6) is -2.81. The van der Waals surface area contributed by atoms with Gasteiger partial charge in [0.2, 0.25) is 5.72 Å². The SMILES string of the molecule is CC(=O)[C@H]1[C@H](c2ccc(Br)cc2)NC(=O)N[C@]1(O)C(F)(F)F. The molecule has 3 atom stereocenters. The van der Waals surface area contributed by atoms with Crippen molar-refractivity contribution in [2.75, 3.05) is 0 Å². The standard InChI is InChI=1S/C13H12BrF3N2O3/c1-6(20)9-10(7-2-4-8(14)5-3-7)18-11(21)19-12(9,22)13(15,16)17/h2-5,9-10,22H,1H3,(H2,18,19,21)/t9-,10-,12+/m0/s1. The van der Waals surface area contributed by atoms with Crippen molar-refractivity contribution in [3.8, 4) is 0 Å². The van der Waals surface area contributed by atoms with Gasteiger partial charge in [0.15, 0.2) is 0 Å². The number of urea groups is 1. The Morgan fingerprint density at radius 1 is 1.32 bits per heavy atom. The van der Waals surface area contributed by atoms with Crippen molar-refractivity contribution in [3.05, 3.63) is 34.3 Å². The number of hydrogen-bond acceptors (Lipinski definition) is 3. The highest BCUT2D eigenvalue weighted by Gasteiger charge is 2.65. The van der Waals surface area contributed by atoms with Crippen LogP contribution >= 0.6 is 15.9 Å². The molecule has 0 radical (unpaired) electrons. The minimum atomic E-state index is -5.20. The van der Waals surface area contributed by atoms with Gasteiger partial charge in [-0.2, -0.15) is 13.2 Å². The van der Waals surface area contributed by atoms with Crippen molar-refractivity contribution >= 4 is 27.7 Å². The lowest BCUT2D eigenvalue weighted by Crippen LogP contribution is -2.72. The van der Waals surface area contributed by atoms with E-state index in [2.05, 4.69) is 21.2 Å². The second-order valence-corrected chi connectivity index (χ2v) is 5.90. The third kappa shape index (κ3) is 2.82. The summed E-state index contributed by atoms with van der Waals surface area (Å²) in [6.45, 7) is 0.937. The monoisotopic (exact) mass is 380 g/mol. The molecule has 0 spiro atoms. The van der Waals surface area contributed by atoms with Crippen molar-refractivity contribution in [3.63, 3.8) is 0 Å². The number of ketones is 1. The number of amides is 2. The molecular formula is C13H12BrF3N2O3. The van der Waals surface area contributed by atoms with Gasteiger partial charge in [0, 0.05) is 4.47 Å². The van der Waals surface area contributed by atoms with Gasteiger partial charge in [-0.3, -0.25) is 4.79 Å². The van der Waals surface area contributed by atoms with E-state index in [0.717, 1.165) is 6.92 Å². The fourth-order valence-electron chi connectivity index (χ4n) is 2.47. The van der Waals surface area contributed by atoms with Gasteiger partial charge in [-0.15, -0.1) is 0 Å². The predicted molar refractivity (Wildman–Crippen MR) is 73.7 cm³/mol. The Morgan fingerprint density at radius 2 is 1.86 bits per heavy atom. The Kier molecular flexibility index (Phi) is 4.22. The molecule has 120 valence electrons. The van der Waals surface area contributed by atoms with Gasteiger partial charge in [0.05, 0.1) is 12.0 Å².